The van der Waals surface area contributed by atoms with Crippen molar-refractivity contribution in [3.05, 3.63) is 29.1 Å². The number of benzene rings is 1. The van der Waals surface area contributed by atoms with Crippen molar-refractivity contribution in [3.8, 4) is 5.75 Å². The number of aromatic hydroxyl groups is 1. The third kappa shape index (κ3) is 1.69. The summed E-state index contributed by atoms with van der Waals surface area (Å²) in [5, 5.41) is 11.0. The molecule has 1 aliphatic heterocycles. The van der Waals surface area contributed by atoms with Gasteiger partial charge in [-0.1, -0.05) is 19.1 Å². The molecule has 17 heavy (non-hydrogen) atoms. The zero-order valence-corrected chi connectivity index (χ0v) is 10.3. The normalized spacial score (nSPS) is 19.4. The number of nitrogens with zero attached hydrogens (tertiary/aromatic N) is 1. The Bertz CT molecular complexity index is 588. The third-order valence-corrected chi connectivity index (χ3v) is 4.10. The highest BCUT2D eigenvalue weighted by Gasteiger charge is 2.23. The molecule has 1 aliphatic rings. The molecule has 0 radical (unpaired) electrons. The van der Waals surface area contributed by atoms with Crippen LogP contribution in [-0.2, 0) is 4.74 Å². The van der Waals surface area contributed by atoms with Crippen LogP contribution in [0, 0.1) is 0 Å². The number of aliphatic imine (C=N–C) groups is 1. The summed E-state index contributed by atoms with van der Waals surface area (Å²) in [6.45, 7) is 2.71. The number of rotatable bonds is 2. The molecule has 4 heteroatoms. The van der Waals surface area contributed by atoms with Crippen LogP contribution in [0.15, 0.2) is 29.3 Å². The van der Waals surface area contributed by atoms with E-state index in [-0.39, 0.29) is 6.04 Å². The van der Waals surface area contributed by atoms with Crippen molar-refractivity contribution >= 4 is 27.3 Å². The van der Waals surface area contributed by atoms with Crippen LogP contribution in [0.4, 0.5) is 0 Å². The van der Waals surface area contributed by atoms with Crippen molar-refractivity contribution in [1.29, 1.82) is 0 Å². The Labute approximate surface area is 103 Å². The summed E-state index contributed by atoms with van der Waals surface area (Å²) >= 11 is 1.53. The summed E-state index contributed by atoms with van der Waals surface area (Å²) in [5.41, 5.74) is 0. The van der Waals surface area contributed by atoms with Gasteiger partial charge in [-0.3, -0.25) is 0 Å². The third-order valence-electron chi connectivity index (χ3n) is 2.95. The van der Waals surface area contributed by atoms with Crippen LogP contribution in [0.3, 0.4) is 0 Å². The molecule has 0 saturated carbocycles. The highest BCUT2D eigenvalue weighted by molar-refractivity contribution is 7.21. The van der Waals surface area contributed by atoms with Gasteiger partial charge in [0, 0.05) is 10.1 Å². The minimum absolute atomic E-state index is 0.231. The topological polar surface area (TPSA) is 41.8 Å². The van der Waals surface area contributed by atoms with E-state index in [4.69, 9.17) is 4.74 Å². The van der Waals surface area contributed by atoms with Crippen molar-refractivity contribution in [2.75, 3.05) is 6.61 Å². The molecule has 0 aliphatic carbocycles. The van der Waals surface area contributed by atoms with Gasteiger partial charge in [-0.05, 0) is 18.6 Å². The Morgan fingerprint density at radius 2 is 2.29 bits per heavy atom. The van der Waals surface area contributed by atoms with Crippen LogP contribution in [0.5, 0.6) is 5.75 Å². The first-order chi connectivity index (χ1) is 8.29. The fraction of sp³-hybridized carbons (Fsp3) is 0.308. The van der Waals surface area contributed by atoms with Gasteiger partial charge in [0.25, 0.3) is 0 Å². The lowest BCUT2D eigenvalue weighted by molar-refractivity contribution is 0.314. The van der Waals surface area contributed by atoms with E-state index in [9.17, 15) is 5.11 Å². The fourth-order valence-electron chi connectivity index (χ4n) is 1.93. The lowest BCUT2D eigenvalue weighted by atomic mass is 10.2. The van der Waals surface area contributed by atoms with Gasteiger partial charge >= 0.3 is 0 Å². The highest BCUT2D eigenvalue weighted by atomic mass is 32.1. The van der Waals surface area contributed by atoms with Crippen LogP contribution in [0.1, 0.15) is 18.2 Å². The molecule has 1 unspecified atom stereocenters. The van der Waals surface area contributed by atoms with Crippen LogP contribution < -0.4 is 0 Å². The summed E-state index contributed by atoms with van der Waals surface area (Å²) in [5.74, 6) is 0.886. The Morgan fingerprint density at radius 3 is 3.00 bits per heavy atom. The molecular formula is C13H13NO2S. The second kappa shape index (κ2) is 4.04. The number of hydrogen-bond acceptors (Lipinski definition) is 4. The van der Waals surface area contributed by atoms with Gasteiger partial charge in [0.2, 0.25) is 5.90 Å². The van der Waals surface area contributed by atoms with Crippen molar-refractivity contribution in [2.24, 2.45) is 4.99 Å². The minimum Gasteiger partial charge on any atom is -0.506 e. The van der Waals surface area contributed by atoms with E-state index in [0.29, 0.717) is 18.3 Å². The number of hydrogen-bond donors (Lipinski definition) is 1. The summed E-state index contributed by atoms with van der Waals surface area (Å²) in [6, 6.07) is 8.03. The van der Waals surface area contributed by atoms with Crippen LogP contribution in [0.2, 0.25) is 0 Å². The van der Waals surface area contributed by atoms with Crippen LogP contribution >= 0.6 is 11.3 Å². The SMILES string of the molecule is CCC1COC(c2sc3ccccc3c2O)=N1. The number of fused-ring (bicyclic) bond motifs is 1. The lowest BCUT2D eigenvalue weighted by Crippen LogP contribution is -2.03. The maximum absolute atomic E-state index is 10.2. The molecule has 1 aromatic carbocycles. The second-order valence-electron chi connectivity index (χ2n) is 4.08. The van der Waals surface area contributed by atoms with Crippen LogP contribution in [0.25, 0.3) is 10.1 Å². The van der Waals surface area contributed by atoms with Gasteiger partial charge in [-0.2, -0.15) is 0 Å². The molecule has 1 atom stereocenters. The van der Waals surface area contributed by atoms with Crippen molar-refractivity contribution in [2.45, 2.75) is 19.4 Å². The molecule has 1 N–H and O–H groups in total. The first kappa shape index (κ1) is 10.6. The van der Waals surface area contributed by atoms with Crippen molar-refractivity contribution in [1.82, 2.24) is 0 Å². The van der Waals surface area contributed by atoms with Gasteiger partial charge in [-0.15, -0.1) is 11.3 Å². The monoisotopic (exact) mass is 247 g/mol. The fourth-order valence-corrected chi connectivity index (χ4v) is 2.97. The number of ether oxygens (including phenoxy) is 1. The maximum atomic E-state index is 10.2. The Balaban J connectivity index is 2.09. The van der Waals surface area contributed by atoms with Gasteiger partial charge in [0.05, 0.1) is 6.04 Å². The van der Waals surface area contributed by atoms with Crippen LogP contribution in [-0.4, -0.2) is 23.7 Å². The molecule has 0 fully saturated rings. The van der Waals surface area contributed by atoms with Gasteiger partial charge in [0.15, 0.2) is 0 Å². The molecular weight excluding hydrogens is 234 g/mol. The Morgan fingerprint density at radius 1 is 1.47 bits per heavy atom. The average molecular weight is 247 g/mol. The van der Waals surface area contributed by atoms with E-state index in [2.05, 4.69) is 11.9 Å². The lowest BCUT2D eigenvalue weighted by Gasteiger charge is -1.98. The number of thiophene rings is 1. The molecule has 88 valence electrons. The molecule has 0 spiro atoms. The summed E-state index contributed by atoms with van der Waals surface area (Å²) in [7, 11) is 0. The molecule has 0 bridgehead atoms. The van der Waals surface area contributed by atoms with E-state index in [1.807, 2.05) is 24.3 Å². The van der Waals surface area contributed by atoms with E-state index in [1.165, 1.54) is 11.3 Å². The first-order valence-corrected chi connectivity index (χ1v) is 6.52. The largest absolute Gasteiger partial charge is 0.506 e. The predicted octanol–water partition coefficient (Wildman–Crippen LogP) is 3.16. The molecule has 3 rings (SSSR count). The van der Waals surface area contributed by atoms with E-state index < -0.39 is 0 Å². The van der Waals surface area contributed by atoms with Gasteiger partial charge in [0.1, 0.15) is 17.2 Å². The van der Waals surface area contributed by atoms with E-state index in [1.54, 1.807) is 0 Å². The van der Waals surface area contributed by atoms with Gasteiger partial charge < -0.3 is 9.84 Å². The zero-order chi connectivity index (χ0) is 11.8. The molecule has 3 nitrogen and oxygen atoms in total. The zero-order valence-electron chi connectivity index (χ0n) is 9.51. The molecule has 2 aromatic rings. The van der Waals surface area contributed by atoms with E-state index >= 15 is 0 Å². The average Bonchev–Trinajstić information content (AvgIpc) is 2.95. The Hall–Kier alpha value is -1.55. The molecule has 1 aromatic heterocycles. The second-order valence-corrected chi connectivity index (χ2v) is 5.14. The Kier molecular flexibility index (Phi) is 2.52. The summed E-state index contributed by atoms with van der Waals surface area (Å²) in [6.07, 6.45) is 0.967. The first-order valence-electron chi connectivity index (χ1n) is 5.71. The van der Waals surface area contributed by atoms with Crippen molar-refractivity contribution < 1.29 is 9.84 Å². The van der Waals surface area contributed by atoms with Gasteiger partial charge in [-0.25, -0.2) is 4.99 Å². The van der Waals surface area contributed by atoms with E-state index in [0.717, 1.165) is 21.4 Å². The highest BCUT2D eigenvalue weighted by Crippen LogP contribution is 2.38. The maximum Gasteiger partial charge on any atom is 0.230 e. The minimum atomic E-state index is 0.231. The van der Waals surface area contributed by atoms with Crippen molar-refractivity contribution in [3.63, 3.8) is 0 Å². The molecule has 0 amide bonds. The predicted molar refractivity (Wildman–Crippen MR) is 70.1 cm³/mol. The molecule has 0 saturated heterocycles. The summed E-state index contributed by atoms with van der Waals surface area (Å²) < 4.78 is 6.61. The standard InChI is InChI=1S/C13H13NO2S/c1-2-8-7-16-13(14-8)12-11(15)9-5-3-4-6-10(9)17-12/h3-6,8,15H,2,7H2,1H3. The smallest absolute Gasteiger partial charge is 0.230 e. The quantitative estimate of drug-likeness (QED) is 0.885. The molecule has 2 heterocycles. The summed E-state index contributed by atoms with van der Waals surface area (Å²) in [4.78, 5) is 5.23.